The zero-order valence-electron chi connectivity index (χ0n) is 7.52. The monoisotopic (exact) mass is 156 g/mol. The normalized spacial score (nSPS) is 45.5. The van der Waals surface area contributed by atoms with Crippen LogP contribution in [-0.4, -0.2) is 23.9 Å². The quantitative estimate of drug-likeness (QED) is 0.581. The molecule has 2 nitrogen and oxygen atoms in total. The average molecular weight is 156 g/mol. The Bertz CT molecular complexity index is 170. The molecule has 0 aromatic carbocycles. The van der Waals surface area contributed by atoms with Gasteiger partial charge in [0.05, 0.1) is 23.9 Å². The molecule has 2 rings (SSSR count). The summed E-state index contributed by atoms with van der Waals surface area (Å²) >= 11 is 0. The third-order valence-electron chi connectivity index (χ3n) is 2.74. The summed E-state index contributed by atoms with van der Waals surface area (Å²) in [6, 6.07) is 0. The minimum absolute atomic E-state index is 0.158. The maximum Gasteiger partial charge on any atom is 0.0892 e. The van der Waals surface area contributed by atoms with Crippen LogP contribution < -0.4 is 0 Å². The molecular formula is C9H16O2. The van der Waals surface area contributed by atoms with Crippen LogP contribution in [0.3, 0.4) is 0 Å². The van der Waals surface area contributed by atoms with Gasteiger partial charge < -0.3 is 9.47 Å². The lowest BCUT2D eigenvalue weighted by Crippen LogP contribution is -2.09. The Kier molecular flexibility index (Phi) is 1.37. The van der Waals surface area contributed by atoms with Crippen molar-refractivity contribution in [2.75, 3.05) is 6.61 Å². The Labute approximate surface area is 67.9 Å². The van der Waals surface area contributed by atoms with Gasteiger partial charge in [0.2, 0.25) is 0 Å². The second kappa shape index (κ2) is 1.99. The predicted molar refractivity (Wildman–Crippen MR) is 42.5 cm³/mol. The molecular weight excluding hydrogens is 140 g/mol. The summed E-state index contributed by atoms with van der Waals surface area (Å²) < 4.78 is 10.8. The Balaban J connectivity index is 1.69. The number of rotatable bonds is 3. The van der Waals surface area contributed by atoms with Crippen LogP contribution in [0.1, 0.15) is 33.6 Å². The summed E-state index contributed by atoms with van der Waals surface area (Å²) in [5, 5.41) is 0. The Morgan fingerprint density at radius 2 is 1.91 bits per heavy atom. The van der Waals surface area contributed by atoms with Gasteiger partial charge in [0, 0.05) is 0 Å². The number of epoxide rings is 2. The molecule has 2 fully saturated rings. The molecule has 0 spiro atoms. The van der Waals surface area contributed by atoms with Gasteiger partial charge in [0.15, 0.2) is 0 Å². The zero-order valence-corrected chi connectivity index (χ0v) is 7.52. The smallest absolute Gasteiger partial charge is 0.0892 e. The Morgan fingerprint density at radius 1 is 1.36 bits per heavy atom. The molecule has 2 aliphatic heterocycles. The Morgan fingerprint density at radius 3 is 2.27 bits per heavy atom. The van der Waals surface area contributed by atoms with Crippen LogP contribution >= 0.6 is 0 Å². The summed E-state index contributed by atoms with van der Waals surface area (Å²) in [4.78, 5) is 0. The van der Waals surface area contributed by atoms with Gasteiger partial charge in [-0.05, 0) is 33.6 Å². The summed E-state index contributed by atoms with van der Waals surface area (Å²) in [6.07, 6.45) is 2.80. The van der Waals surface area contributed by atoms with Gasteiger partial charge in [-0.2, -0.15) is 0 Å². The van der Waals surface area contributed by atoms with Gasteiger partial charge in [0.25, 0.3) is 0 Å². The van der Waals surface area contributed by atoms with E-state index in [0.717, 1.165) is 19.4 Å². The summed E-state index contributed by atoms with van der Waals surface area (Å²) in [5.74, 6) is 0. The van der Waals surface area contributed by atoms with E-state index in [0.29, 0.717) is 6.10 Å². The van der Waals surface area contributed by atoms with E-state index in [1.165, 1.54) is 0 Å². The van der Waals surface area contributed by atoms with Gasteiger partial charge in [-0.3, -0.25) is 0 Å². The van der Waals surface area contributed by atoms with E-state index >= 15 is 0 Å². The third kappa shape index (κ3) is 1.57. The highest BCUT2D eigenvalue weighted by Gasteiger charge is 2.49. The highest BCUT2D eigenvalue weighted by molar-refractivity contribution is 4.97. The van der Waals surface area contributed by atoms with Crippen LogP contribution in [0.2, 0.25) is 0 Å². The second-order valence-electron chi connectivity index (χ2n) is 4.49. The van der Waals surface area contributed by atoms with E-state index < -0.39 is 0 Å². The molecule has 0 radical (unpaired) electrons. The lowest BCUT2D eigenvalue weighted by atomic mass is 10.0. The standard InChI is InChI=1S/C9H16O2/c1-8(2)7(11-8)4-5-9(3)6-10-9/h7H,4-6H2,1-3H3. The molecule has 0 bridgehead atoms. The summed E-state index contributed by atoms with van der Waals surface area (Å²) in [7, 11) is 0. The molecule has 0 aliphatic carbocycles. The lowest BCUT2D eigenvalue weighted by molar-refractivity contribution is 0.281. The molecule has 2 heterocycles. The fourth-order valence-corrected chi connectivity index (χ4v) is 1.44. The first-order valence-corrected chi connectivity index (χ1v) is 4.34. The van der Waals surface area contributed by atoms with Gasteiger partial charge in [-0.1, -0.05) is 0 Å². The van der Waals surface area contributed by atoms with Crippen molar-refractivity contribution in [2.45, 2.75) is 50.9 Å². The average Bonchev–Trinajstić information content (AvgIpc) is 2.72. The molecule has 2 aliphatic rings. The topological polar surface area (TPSA) is 25.1 Å². The first-order chi connectivity index (χ1) is 5.02. The van der Waals surface area contributed by atoms with Crippen LogP contribution in [0, 0.1) is 0 Å². The molecule has 0 aromatic heterocycles. The molecule has 0 saturated carbocycles. The molecule has 2 atom stereocenters. The highest BCUT2D eigenvalue weighted by atomic mass is 16.6. The second-order valence-corrected chi connectivity index (χ2v) is 4.49. The van der Waals surface area contributed by atoms with Crippen LogP contribution in [-0.2, 0) is 9.47 Å². The molecule has 2 heteroatoms. The van der Waals surface area contributed by atoms with Crippen molar-refractivity contribution < 1.29 is 9.47 Å². The fourth-order valence-electron chi connectivity index (χ4n) is 1.44. The first-order valence-electron chi connectivity index (χ1n) is 4.34. The van der Waals surface area contributed by atoms with Crippen molar-refractivity contribution in [1.29, 1.82) is 0 Å². The molecule has 2 unspecified atom stereocenters. The summed E-state index contributed by atoms with van der Waals surface area (Å²) in [6.45, 7) is 7.41. The number of ether oxygens (including phenoxy) is 2. The number of hydrogen-bond donors (Lipinski definition) is 0. The molecule has 0 N–H and O–H groups in total. The minimum Gasteiger partial charge on any atom is -0.370 e. The lowest BCUT2D eigenvalue weighted by Gasteiger charge is -2.01. The Hall–Kier alpha value is -0.0800. The van der Waals surface area contributed by atoms with E-state index in [2.05, 4.69) is 20.8 Å². The van der Waals surface area contributed by atoms with Crippen LogP contribution in [0.5, 0.6) is 0 Å². The van der Waals surface area contributed by atoms with Crippen LogP contribution in [0.25, 0.3) is 0 Å². The maximum atomic E-state index is 5.47. The van der Waals surface area contributed by atoms with Crippen LogP contribution in [0.4, 0.5) is 0 Å². The van der Waals surface area contributed by atoms with Crippen molar-refractivity contribution in [1.82, 2.24) is 0 Å². The van der Waals surface area contributed by atoms with Crippen molar-refractivity contribution in [3.8, 4) is 0 Å². The van der Waals surface area contributed by atoms with E-state index in [4.69, 9.17) is 9.47 Å². The highest BCUT2D eigenvalue weighted by Crippen LogP contribution is 2.42. The molecule has 2 saturated heterocycles. The van der Waals surface area contributed by atoms with E-state index in [1.807, 2.05) is 0 Å². The first kappa shape index (κ1) is 7.56. The largest absolute Gasteiger partial charge is 0.370 e. The fraction of sp³-hybridized carbons (Fsp3) is 1.00. The minimum atomic E-state index is 0.158. The van der Waals surface area contributed by atoms with Gasteiger partial charge in [-0.25, -0.2) is 0 Å². The van der Waals surface area contributed by atoms with Crippen molar-refractivity contribution in [3.05, 3.63) is 0 Å². The molecule has 64 valence electrons. The van der Waals surface area contributed by atoms with Gasteiger partial charge >= 0.3 is 0 Å². The SMILES string of the molecule is CC1(CCC2OC2(C)C)CO1. The summed E-state index contributed by atoms with van der Waals surface area (Å²) in [5.41, 5.74) is 0.368. The predicted octanol–water partition coefficient (Wildman–Crippen LogP) is 1.73. The van der Waals surface area contributed by atoms with Crippen LogP contribution in [0.15, 0.2) is 0 Å². The van der Waals surface area contributed by atoms with Gasteiger partial charge in [0.1, 0.15) is 0 Å². The molecule has 0 amide bonds. The zero-order chi connectivity index (χ0) is 8.11. The number of hydrogen-bond acceptors (Lipinski definition) is 2. The third-order valence-corrected chi connectivity index (χ3v) is 2.74. The molecule has 11 heavy (non-hydrogen) atoms. The van der Waals surface area contributed by atoms with E-state index in [-0.39, 0.29) is 11.2 Å². The van der Waals surface area contributed by atoms with E-state index in [9.17, 15) is 0 Å². The molecule has 0 aromatic rings. The van der Waals surface area contributed by atoms with E-state index in [1.54, 1.807) is 0 Å². The van der Waals surface area contributed by atoms with Gasteiger partial charge in [-0.15, -0.1) is 0 Å². The van der Waals surface area contributed by atoms with Crippen molar-refractivity contribution in [3.63, 3.8) is 0 Å². The van der Waals surface area contributed by atoms with Crippen molar-refractivity contribution >= 4 is 0 Å². The van der Waals surface area contributed by atoms with Crippen molar-refractivity contribution in [2.24, 2.45) is 0 Å². The maximum absolute atomic E-state index is 5.47.